The van der Waals surface area contributed by atoms with Crippen molar-refractivity contribution in [1.82, 2.24) is 5.43 Å². The average molecular weight is 665 g/mol. The van der Waals surface area contributed by atoms with E-state index >= 15 is 0 Å². The number of methoxy groups -OCH3 is 1. The molecule has 0 aliphatic heterocycles. The highest BCUT2D eigenvalue weighted by molar-refractivity contribution is 9.10. The molecule has 0 atom stereocenters. The van der Waals surface area contributed by atoms with Crippen molar-refractivity contribution in [2.24, 2.45) is 5.10 Å². The Labute approximate surface area is 253 Å². The lowest BCUT2D eigenvalue weighted by Gasteiger charge is -2.14. The van der Waals surface area contributed by atoms with E-state index < -0.39 is 36.1 Å². The normalized spacial score (nSPS) is 11.1. The van der Waals surface area contributed by atoms with Crippen molar-refractivity contribution < 1.29 is 41.8 Å². The number of ether oxygens (including phenoxy) is 3. The van der Waals surface area contributed by atoms with E-state index in [0.29, 0.717) is 28.1 Å². The summed E-state index contributed by atoms with van der Waals surface area (Å²) in [5, 5.41) is 8.59. The molecule has 0 aliphatic carbocycles. The van der Waals surface area contributed by atoms with Gasteiger partial charge in [0, 0.05) is 11.4 Å². The number of nitrogens with zero attached hydrogens (tertiary/aromatic N) is 1. The molecule has 0 aromatic heterocycles. The fourth-order valence-corrected chi connectivity index (χ4v) is 4.01. The van der Waals surface area contributed by atoms with E-state index in [1.165, 1.54) is 31.5 Å². The number of unbranched alkanes of at least 4 members (excludes halogenated alkanes) is 1. The van der Waals surface area contributed by atoms with Crippen molar-refractivity contribution in [2.75, 3.05) is 31.0 Å². The van der Waals surface area contributed by atoms with Crippen molar-refractivity contribution in [2.45, 2.75) is 25.9 Å². The average Bonchev–Trinajstić information content (AvgIpc) is 2.97. The molecule has 3 N–H and O–H groups in total. The highest BCUT2D eigenvalue weighted by Gasteiger charge is 2.30. The molecule has 14 heteroatoms. The Hall–Kier alpha value is -4.59. The molecule has 0 bridgehead atoms. The minimum absolute atomic E-state index is 0.0398. The lowest BCUT2D eigenvalue weighted by atomic mass is 10.2. The molecular weight excluding hydrogens is 637 g/mol. The van der Waals surface area contributed by atoms with Crippen LogP contribution in [0.3, 0.4) is 0 Å². The van der Waals surface area contributed by atoms with Crippen LogP contribution >= 0.6 is 15.9 Å². The molecule has 10 nitrogen and oxygen atoms in total. The summed E-state index contributed by atoms with van der Waals surface area (Å²) in [5.41, 5.74) is 2.02. The molecule has 228 valence electrons. The zero-order chi connectivity index (χ0) is 31.4. The van der Waals surface area contributed by atoms with E-state index in [0.717, 1.165) is 25.0 Å². The predicted octanol–water partition coefficient (Wildman–Crippen LogP) is 5.76. The van der Waals surface area contributed by atoms with E-state index in [1.54, 1.807) is 30.3 Å². The number of benzene rings is 3. The number of hydrogen-bond acceptors (Lipinski definition) is 7. The fraction of sp³-hybridized carbons (Fsp3) is 0.241. The van der Waals surface area contributed by atoms with Crippen LogP contribution in [0.4, 0.5) is 24.5 Å². The number of hydrogen-bond donors (Lipinski definition) is 3. The maximum atomic E-state index is 12.9. The van der Waals surface area contributed by atoms with Crippen molar-refractivity contribution in [1.29, 1.82) is 0 Å². The molecule has 0 spiro atoms. The second-order valence-corrected chi connectivity index (χ2v) is 9.68. The summed E-state index contributed by atoms with van der Waals surface area (Å²) in [5.74, 6) is -1.65. The third kappa shape index (κ3) is 10.3. The van der Waals surface area contributed by atoms with Crippen molar-refractivity contribution >= 4 is 51.2 Å². The van der Waals surface area contributed by atoms with E-state index in [2.05, 4.69) is 44.0 Å². The second-order valence-electron chi connectivity index (χ2n) is 8.83. The monoisotopic (exact) mass is 664 g/mol. The van der Waals surface area contributed by atoms with E-state index in [-0.39, 0.29) is 17.2 Å². The standard InChI is InChI=1S/C29H28BrF3N4O6/c1-3-4-12-42-22-10-8-20(9-11-22)36-27(39)28(40)37-34-16-18-13-23(30)26(24(14-18)41-2)43-17-25(38)35-21-7-5-6-19(15-21)29(31,32)33/h5-11,13-16H,3-4,12,17H2,1-2H3,(H,35,38)(H,36,39)(H,37,40)/b34-16-. The Morgan fingerprint density at radius 3 is 2.37 bits per heavy atom. The number of anilines is 2. The van der Waals surface area contributed by atoms with Gasteiger partial charge in [-0.2, -0.15) is 18.3 Å². The SMILES string of the molecule is CCCCOc1ccc(NC(=O)C(=O)N/N=C\c2cc(Br)c(OCC(=O)Nc3cccc(C(F)(F)F)c3)c(OC)c2)cc1. The molecule has 3 aromatic rings. The quantitative estimate of drug-likeness (QED) is 0.0978. The maximum absolute atomic E-state index is 12.9. The second kappa shape index (κ2) is 15.6. The lowest BCUT2D eigenvalue weighted by Crippen LogP contribution is -2.32. The Morgan fingerprint density at radius 2 is 1.70 bits per heavy atom. The Kier molecular flexibility index (Phi) is 11.9. The first kappa shape index (κ1) is 32.9. The minimum atomic E-state index is -4.55. The lowest BCUT2D eigenvalue weighted by molar-refractivity contribution is -0.137. The zero-order valence-corrected chi connectivity index (χ0v) is 24.7. The van der Waals surface area contributed by atoms with Gasteiger partial charge >= 0.3 is 18.0 Å². The number of alkyl halides is 3. The van der Waals surface area contributed by atoms with E-state index in [9.17, 15) is 27.6 Å². The van der Waals surface area contributed by atoms with Crippen LogP contribution in [0.15, 0.2) is 70.2 Å². The van der Waals surface area contributed by atoms with E-state index in [4.69, 9.17) is 14.2 Å². The van der Waals surface area contributed by atoms with Crippen LogP contribution < -0.4 is 30.3 Å². The highest BCUT2D eigenvalue weighted by Crippen LogP contribution is 2.36. The third-order valence-electron chi connectivity index (χ3n) is 5.54. The summed E-state index contributed by atoms with van der Waals surface area (Å²) in [6.07, 6.45) is -1.36. The highest BCUT2D eigenvalue weighted by atomic mass is 79.9. The summed E-state index contributed by atoms with van der Waals surface area (Å²) in [4.78, 5) is 36.6. The molecule has 0 heterocycles. The maximum Gasteiger partial charge on any atom is 0.416 e. The van der Waals surface area contributed by atoms with Gasteiger partial charge in [-0.15, -0.1) is 0 Å². The van der Waals surface area contributed by atoms with Gasteiger partial charge in [0.25, 0.3) is 5.91 Å². The number of carbonyl (C=O) groups is 3. The topological polar surface area (TPSA) is 127 Å². The minimum Gasteiger partial charge on any atom is -0.494 e. The van der Waals surface area contributed by atoms with E-state index in [1.807, 2.05) is 0 Å². The molecule has 0 unspecified atom stereocenters. The van der Waals surface area contributed by atoms with Crippen LogP contribution in [-0.4, -0.2) is 44.3 Å². The van der Waals surface area contributed by atoms with Gasteiger partial charge in [-0.25, -0.2) is 5.43 Å². The van der Waals surface area contributed by atoms with Gasteiger partial charge in [0.15, 0.2) is 18.1 Å². The fourth-order valence-electron chi connectivity index (χ4n) is 3.44. The van der Waals surface area contributed by atoms with Crippen molar-refractivity contribution in [3.05, 3.63) is 76.3 Å². The number of nitrogens with one attached hydrogen (secondary N) is 3. The number of rotatable bonds is 12. The first-order valence-corrected chi connectivity index (χ1v) is 13.6. The largest absolute Gasteiger partial charge is 0.494 e. The van der Waals surface area contributed by atoms with Crippen LogP contribution in [0, 0.1) is 0 Å². The summed E-state index contributed by atoms with van der Waals surface area (Å²) in [6.45, 7) is 2.12. The smallest absolute Gasteiger partial charge is 0.416 e. The summed E-state index contributed by atoms with van der Waals surface area (Å²) < 4.78 is 55.5. The molecule has 0 saturated heterocycles. The third-order valence-corrected chi connectivity index (χ3v) is 6.13. The van der Waals surface area contributed by atoms with Crippen molar-refractivity contribution in [3.63, 3.8) is 0 Å². The summed E-state index contributed by atoms with van der Waals surface area (Å²) in [6, 6.07) is 13.8. The van der Waals surface area contributed by atoms with Crippen LogP contribution in [-0.2, 0) is 20.6 Å². The zero-order valence-electron chi connectivity index (χ0n) is 23.1. The first-order valence-electron chi connectivity index (χ1n) is 12.8. The van der Waals surface area contributed by atoms with Crippen LogP contribution in [0.1, 0.15) is 30.9 Å². The van der Waals surface area contributed by atoms with Crippen LogP contribution in [0.2, 0.25) is 0 Å². The molecule has 3 amide bonds. The van der Waals surface area contributed by atoms with Gasteiger partial charge in [0.2, 0.25) is 0 Å². The molecule has 0 radical (unpaired) electrons. The molecule has 43 heavy (non-hydrogen) atoms. The predicted molar refractivity (Wildman–Crippen MR) is 157 cm³/mol. The molecule has 0 fully saturated rings. The number of halogens is 4. The number of hydrazone groups is 1. The molecular formula is C29H28BrF3N4O6. The van der Waals surface area contributed by atoms with Gasteiger partial charge in [0.1, 0.15) is 5.75 Å². The molecule has 3 rings (SSSR count). The van der Waals surface area contributed by atoms with Gasteiger partial charge in [0.05, 0.1) is 30.0 Å². The molecule has 3 aromatic carbocycles. The number of carbonyl (C=O) groups excluding carboxylic acids is 3. The van der Waals surface area contributed by atoms with Crippen LogP contribution in [0.5, 0.6) is 17.2 Å². The Bertz CT molecular complexity index is 1470. The van der Waals surface area contributed by atoms with Gasteiger partial charge in [-0.1, -0.05) is 19.4 Å². The Morgan fingerprint density at radius 1 is 0.953 bits per heavy atom. The van der Waals surface area contributed by atoms with Gasteiger partial charge in [-0.05, 0) is 82.5 Å². The molecule has 0 aliphatic rings. The molecule has 0 saturated carbocycles. The summed E-state index contributed by atoms with van der Waals surface area (Å²) >= 11 is 3.31. The first-order chi connectivity index (χ1) is 20.5. The van der Waals surface area contributed by atoms with Gasteiger partial charge < -0.3 is 24.8 Å². The summed E-state index contributed by atoms with van der Waals surface area (Å²) in [7, 11) is 1.36. The van der Waals surface area contributed by atoms with Gasteiger partial charge in [-0.3, -0.25) is 14.4 Å². The van der Waals surface area contributed by atoms with Crippen molar-refractivity contribution in [3.8, 4) is 17.2 Å². The Balaban J connectivity index is 1.54. The number of amides is 3. The van der Waals surface area contributed by atoms with Crippen LogP contribution in [0.25, 0.3) is 0 Å².